The van der Waals surface area contributed by atoms with E-state index in [9.17, 15) is 4.79 Å². The molecule has 4 rings (SSSR count). The van der Waals surface area contributed by atoms with Gasteiger partial charge in [-0.25, -0.2) is 0 Å². The van der Waals surface area contributed by atoms with Crippen LogP contribution in [0.3, 0.4) is 0 Å². The number of rotatable bonds is 3. The Labute approximate surface area is 154 Å². The Hall–Kier alpha value is -2.18. The summed E-state index contributed by atoms with van der Waals surface area (Å²) in [5, 5.41) is 10.9. The molecule has 1 amide bonds. The van der Waals surface area contributed by atoms with Gasteiger partial charge in [0.05, 0.1) is 6.26 Å². The van der Waals surface area contributed by atoms with Gasteiger partial charge < -0.3 is 9.32 Å². The number of benzene rings is 1. The lowest BCUT2D eigenvalue weighted by Crippen LogP contribution is -2.37. The molecular weight excluding hydrogens is 358 g/mol. The van der Waals surface area contributed by atoms with Crippen molar-refractivity contribution in [3.63, 3.8) is 0 Å². The lowest BCUT2D eigenvalue weighted by atomic mass is 9.97. The second-order valence-corrected chi connectivity index (χ2v) is 7.45. The van der Waals surface area contributed by atoms with Crippen LogP contribution in [0.25, 0.3) is 10.8 Å². The lowest BCUT2D eigenvalue weighted by Gasteiger charge is -2.31. The van der Waals surface area contributed by atoms with Gasteiger partial charge in [0, 0.05) is 29.6 Å². The topological polar surface area (TPSA) is 59.2 Å². The van der Waals surface area contributed by atoms with Crippen LogP contribution in [0.4, 0.5) is 0 Å². The van der Waals surface area contributed by atoms with E-state index >= 15 is 0 Å². The quantitative estimate of drug-likeness (QED) is 0.679. The van der Waals surface area contributed by atoms with Crippen molar-refractivity contribution in [1.29, 1.82) is 0 Å². The number of carbonyl (C=O) groups excluding carboxylic acids is 1. The maximum Gasteiger partial charge on any atom is 0.253 e. The molecule has 0 N–H and O–H groups in total. The van der Waals surface area contributed by atoms with Crippen molar-refractivity contribution in [2.75, 3.05) is 13.1 Å². The van der Waals surface area contributed by atoms with E-state index in [4.69, 9.17) is 16.0 Å². The molecule has 0 radical (unpaired) electrons. The van der Waals surface area contributed by atoms with Gasteiger partial charge in [-0.3, -0.25) is 4.79 Å². The van der Waals surface area contributed by atoms with Gasteiger partial charge in [-0.2, -0.15) is 0 Å². The Morgan fingerprint density at radius 3 is 2.76 bits per heavy atom. The summed E-state index contributed by atoms with van der Waals surface area (Å²) in [5.74, 6) is 1.12. The van der Waals surface area contributed by atoms with Crippen LogP contribution >= 0.6 is 22.9 Å². The summed E-state index contributed by atoms with van der Waals surface area (Å²) in [4.78, 5) is 14.5. The highest BCUT2D eigenvalue weighted by Gasteiger charge is 2.27. The number of nitrogens with zero attached hydrogens (tertiary/aromatic N) is 3. The number of carbonyl (C=O) groups is 1. The minimum atomic E-state index is 0.0366. The molecule has 0 bridgehead atoms. The van der Waals surface area contributed by atoms with E-state index in [1.54, 1.807) is 41.9 Å². The number of likely N-dealkylation sites (tertiary alicyclic amines) is 1. The first-order valence-corrected chi connectivity index (χ1v) is 9.32. The molecule has 1 aromatic carbocycles. The standard InChI is InChI=1S/C18H16ClN3O2S/c19-14-4-1-3-13(11-14)18(23)22-8-6-12(7-9-22)16-20-21-17(25-16)15-5-2-10-24-15/h1-5,10-12H,6-9H2. The molecule has 1 aliphatic heterocycles. The number of halogens is 1. The molecule has 0 saturated carbocycles. The molecule has 1 saturated heterocycles. The molecule has 0 aliphatic carbocycles. The van der Waals surface area contributed by atoms with Crippen molar-refractivity contribution in [2.24, 2.45) is 0 Å². The fourth-order valence-electron chi connectivity index (χ4n) is 3.03. The predicted octanol–water partition coefficient (Wildman–Crippen LogP) is 4.47. The first-order chi connectivity index (χ1) is 12.2. The molecule has 0 unspecified atom stereocenters. The Morgan fingerprint density at radius 2 is 2.04 bits per heavy atom. The minimum absolute atomic E-state index is 0.0366. The van der Waals surface area contributed by atoms with Crippen LogP contribution in [0.5, 0.6) is 0 Å². The third kappa shape index (κ3) is 3.45. The van der Waals surface area contributed by atoms with Gasteiger partial charge in [-0.05, 0) is 43.2 Å². The molecule has 5 nitrogen and oxygen atoms in total. The van der Waals surface area contributed by atoms with Crippen LogP contribution in [0, 0.1) is 0 Å². The van der Waals surface area contributed by atoms with Crippen LogP contribution < -0.4 is 0 Å². The van der Waals surface area contributed by atoms with Gasteiger partial charge in [0.15, 0.2) is 10.8 Å². The molecule has 128 valence electrons. The average Bonchev–Trinajstić information content (AvgIpc) is 3.32. The monoisotopic (exact) mass is 373 g/mol. The van der Waals surface area contributed by atoms with Gasteiger partial charge in [-0.15, -0.1) is 10.2 Å². The molecule has 0 atom stereocenters. The van der Waals surface area contributed by atoms with Crippen molar-refractivity contribution >= 4 is 28.8 Å². The molecule has 1 fully saturated rings. The van der Waals surface area contributed by atoms with Crippen molar-refractivity contribution in [3.8, 4) is 10.8 Å². The summed E-state index contributed by atoms with van der Waals surface area (Å²) < 4.78 is 5.37. The largest absolute Gasteiger partial charge is 0.462 e. The van der Waals surface area contributed by atoms with Crippen LogP contribution in [-0.4, -0.2) is 34.1 Å². The normalized spacial score (nSPS) is 15.5. The van der Waals surface area contributed by atoms with Crippen LogP contribution in [0.1, 0.15) is 34.1 Å². The second-order valence-electron chi connectivity index (χ2n) is 6.00. The van der Waals surface area contributed by atoms with E-state index in [0.29, 0.717) is 29.6 Å². The van der Waals surface area contributed by atoms with Crippen molar-refractivity contribution in [2.45, 2.75) is 18.8 Å². The van der Waals surface area contributed by atoms with Crippen molar-refractivity contribution in [3.05, 3.63) is 58.3 Å². The zero-order chi connectivity index (χ0) is 17.2. The number of hydrogen-bond acceptors (Lipinski definition) is 5. The lowest BCUT2D eigenvalue weighted by molar-refractivity contribution is 0.0713. The second kappa shape index (κ2) is 6.98. The maximum atomic E-state index is 12.6. The Kier molecular flexibility index (Phi) is 4.55. The first-order valence-electron chi connectivity index (χ1n) is 8.13. The van der Waals surface area contributed by atoms with Gasteiger partial charge >= 0.3 is 0 Å². The molecule has 7 heteroatoms. The highest BCUT2D eigenvalue weighted by molar-refractivity contribution is 7.14. The van der Waals surface area contributed by atoms with Crippen molar-refractivity contribution < 1.29 is 9.21 Å². The summed E-state index contributed by atoms with van der Waals surface area (Å²) in [6.45, 7) is 1.43. The zero-order valence-corrected chi connectivity index (χ0v) is 15.0. The Morgan fingerprint density at radius 1 is 1.20 bits per heavy atom. The van der Waals surface area contributed by atoms with Gasteiger partial charge in [-0.1, -0.05) is 29.0 Å². The molecule has 25 heavy (non-hydrogen) atoms. The molecule has 1 aliphatic rings. The molecule has 2 aromatic heterocycles. The third-order valence-corrected chi connectivity index (χ3v) is 5.71. The number of furan rings is 1. The van der Waals surface area contributed by atoms with Crippen LogP contribution in [0.15, 0.2) is 47.1 Å². The summed E-state index contributed by atoms with van der Waals surface area (Å²) in [5.41, 5.74) is 0.641. The average molecular weight is 374 g/mol. The third-order valence-electron chi connectivity index (χ3n) is 4.38. The van der Waals surface area contributed by atoms with E-state index in [1.165, 1.54) is 0 Å². The van der Waals surface area contributed by atoms with E-state index in [0.717, 1.165) is 28.6 Å². The van der Waals surface area contributed by atoms with Gasteiger partial charge in [0.25, 0.3) is 5.91 Å². The van der Waals surface area contributed by atoms with Crippen molar-refractivity contribution in [1.82, 2.24) is 15.1 Å². The minimum Gasteiger partial charge on any atom is -0.462 e. The summed E-state index contributed by atoms with van der Waals surface area (Å²) >= 11 is 7.55. The van der Waals surface area contributed by atoms with E-state index in [-0.39, 0.29) is 5.91 Å². The summed E-state index contributed by atoms with van der Waals surface area (Å²) in [6.07, 6.45) is 3.41. The van der Waals surface area contributed by atoms with Gasteiger partial charge in [0.2, 0.25) is 0 Å². The molecule has 0 spiro atoms. The smallest absolute Gasteiger partial charge is 0.253 e. The molecule has 3 aromatic rings. The Bertz CT molecular complexity index is 870. The zero-order valence-electron chi connectivity index (χ0n) is 13.4. The number of amides is 1. The number of hydrogen-bond donors (Lipinski definition) is 0. The highest BCUT2D eigenvalue weighted by Crippen LogP contribution is 2.33. The van der Waals surface area contributed by atoms with Gasteiger partial charge in [0.1, 0.15) is 5.01 Å². The molecule has 3 heterocycles. The van der Waals surface area contributed by atoms with E-state index in [1.807, 2.05) is 17.0 Å². The number of piperidine rings is 1. The maximum absolute atomic E-state index is 12.6. The predicted molar refractivity (Wildman–Crippen MR) is 96.9 cm³/mol. The summed E-state index contributed by atoms with van der Waals surface area (Å²) in [6, 6.07) is 10.8. The van der Waals surface area contributed by atoms with Crippen LogP contribution in [-0.2, 0) is 0 Å². The molecular formula is C18H16ClN3O2S. The number of aromatic nitrogens is 2. The van der Waals surface area contributed by atoms with E-state index < -0.39 is 0 Å². The Balaban J connectivity index is 1.41. The first kappa shape index (κ1) is 16.3. The van der Waals surface area contributed by atoms with Crippen LogP contribution in [0.2, 0.25) is 5.02 Å². The fourth-order valence-corrected chi connectivity index (χ4v) is 4.20. The fraction of sp³-hybridized carbons (Fsp3) is 0.278. The summed E-state index contributed by atoms with van der Waals surface area (Å²) in [7, 11) is 0. The van der Waals surface area contributed by atoms with E-state index in [2.05, 4.69) is 10.2 Å². The highest BCUT2D eigenvalue weighted by atomic mass is 35.5. The SMILES string of the molecule is O=C(c1cccc(Cl)c1)N1CCC(c2nnc(-c3ccco3)s2)CC1.